The third-order valence-electron chi connectivity index (χ3n) is 1.23. The summed E-state index contributed by atoms with van der Waals surface area (Å²) < 4.78 is 17.4. The summed E-state index contributed by atoms with van der Waals surface area (Å²) >= 11 is 0. The van der Waals surface area contributed by atoms with Gasteiger partial charge in [0, 0.05) is 12.1 Å². The van der Waals surface area contributed by atoms with Crippen molar-refractivity contribution < 1.29 is 9.13 Å². The molecule has 0 radical (unpaired) electrons. The smallest absolute Gasteiger partial charge is 0.217 e. The van der Waals surface area contributed by atoms with E-state index in [2.05, 4.69) is 11.6 Å². The summed E-state index contributed by atoms with van der Waals surface area (Å²) in [7, 11) is 1.47. The number of ether oxygens (including phenoxy) is 1. The van der Waals surface area contributed by atoms with Gasteiger partial charge in [-0.15, -0.1) is 0 Å². The maximum atomic E-state index is 12.6. The van der Waals surface area contributed by atoms with Crippen LogP contribution >= 0.6 is 0 Å². The lowest BCUT2D eigenvalue weighted by molar-refractivity contribution is 0.409. The lowest BCUT2D eigenvalue weighted by Crippen LogP contribution is -1.90. The van der Waals surface area contributed by atoms with Gasteiger partial charge in [0.1, 0.15) is 5.75 Å². The Balaban J connectivity index is 3.11. The number of halogens is 1. The average molecular weight is 153 g/mol. The Bertz CT molecular complexity index is 273. The van der Waals surface area contributed by atoms with Crippen LogP contribution in [0.15, 0.2) is 18.7 Å². The number of hydrogen-bond acceptors (Lipinski definition) is 2. The molecule has 1 heterocycles. The lowest BCUT2D eigenvalue weighted by atomic mass is 10.3. The molecule has 0 fully saturated rings. The largest absolute Gasteiger partial charge is 0.497 e. The molecule has 0 aliphatic carbocycles. The van der Waals surface area contributed by atoms with Crippen molar-refractivity contribution in [3.05, 3.63) is 30.4 Å². The molecule has 2 nitrogen and oxygen atoms in total. The first kappa shape index (κ1) is 7.72. The maximum Gasteiger partial charge on any atom is 0.217 e. The van der Waals surface area contributed by atoms with Gasteiger partial charge in [-0.3, -0.25) is 0 Å². The highest BCUT2D eigenvalue weighted by Gasteiger charge is 1.98. The monoisotopic (exact) mass is 153 g/mol. The third-order valence-corrected chi connectivity index (χ3v) is 1.23. The Morgan fingerprint density at radius 1 is 1.64 bits per heavy atom. The normalized spacial score (nSPS) is 9.27. The second-order valence-electron chi connectivity index (χ2n) is 1.96. The van der Waals surface area contributed by atoms with Crippen LogP contribution in [0.3, 0.4) is 0 Å². The molecule has 3 heteroatoms. The molecule has 0 atom stereocenters. The van der Waals surface area contributed by atoms with E-state index in [-0.39, 0.29) is 0 Å². The number of pyridine rings is 1. The first-order valence-corrected chi connectivity index (χ1v) is 3.10. The van der Waals surface area contributed by atoms with Crippen LogP contribution in [-0.4, -0.2) is 12.1 Å². The van der Waals surface area contributed by atoms with Crippen molar-refractivity contribution in [3.63, 3.8) is 0 Å². The van der Waals surface area contributed by atoms with Crippen LogP contribution in [0, 0.1) is 5.95 Å². The Morgan fingerprint density at radius 3 is 2.91 bits per heavy atom. The van der Waals surface area contributed by atoms with E-state index in [1.54, 1.807) is 6.07 Å². The van der Waals surface area contributed by atoms with E-state index in [0.717, 1.165) is 0 Å². The SMILES string of the molecule is C=Cc1cc(OC)cc(F)n1. The molecular weight excluding hydrogens is 145 g/mol. The Kier molecular flexibility index (Phi) is 2.21. The molecule has 0 spiro atoms. The molecule has 0 aromatic carbocycles. The zero-order chi connectivity index (χ0) is 8.27. The van der Waals surface area contributed by atoms with Crippen molar-refractivity contribution in [3.8, 4) is 5.75 Å². The fourth-order valence-electron chi connectivity index (χ4n) is 0.715. The maximum absolute atomic E-state index is 12.6. The van der Waals surface area contributed by atoms with Gasteiger partial charge in [-0.1, -0.05) is 6.58 Å². The molecule has 0 bridgehead atoms. The second-order valence-corrected chi connectivity index (χ2v) is 1.96. The molecule has 11 heavy (non-hydrogen) atoms. The Labute approximate surface area is 64.3 Å². The highest BCUT2D eigenvalue weighted by Crippen LogP contribution is 2.12. The van der Waals surface area contributed by atoms with Crippen LogP contribution in [0.1, 0.15) is 5.69 Å². The summed E-state index contributed by atoms with van der Waals surface area (Å²) in [6.45, 7) is 3.46. The van der Waals surface area contributed by atoms with Gasteiger partial charge in [0.05, 0.1) is 12.8 Å². The van der Waals surface area contributed by atoms with Gasteiger partial charge in [-0.05, 0) is 6.08 Å². The van der Waals surface area contributed by atoms with E-state index < -0.39 is 5.95 Å². The van der Waals surface area contributed by atoms with E-state index in [0.29, 0.717) is 11.4 Å². The number of methoxy groups -OCH3 is 1. The van der Waals surface area contributed by atoms with E-state index in [1.165, 1.54) is 19.3 Å². The van der Waals surface area contributed by atoms with Gasteiger partial charge in [0.2, 0.25) is 5.95 Å². The zero-order valence-electron chi connectivity index (χ0n) is 6.17. The molecule has 1 aromatic rings. The quantitative estimate of drug-likeness (QED) is 0.605. The predicted molar refractivity (Wildman–Crippen MR) is 40.8 cm³/mol. The van der Waals surface area contributed by atoms with Gasteiger partial charge >= 0.3 is 0 Å². The van der Waals surface area contributed by atoms with Crippen molar-refractivity contribution in [2.24, 2.45) is 0 Å². The minimum atomic E-state index is -0.556. The third kappa shape index (κ3) is 1.77. The van der Waals surface area contributed by atoms with Gasteiger partial charge in [0.15, 0.2) is 0 Å². The fraction of sp³-hybridized carbons (Fsp3) is 0.125. The zero-order valence-corrected chi connectivity index (χ0v) is 6.17. The summed E-state index contributed by atoms with van der Waals surface area (Å²) in [5, 5.41) is 0. The van der Waals surface area contributed by atoms with Gasteiger partial charge in [0.25, 0.3) is 0 Å². The number of hydrogen-bond donors (Lipinski definition) is 0. The molecule has 0 saturated carbocycles. The fourth-order valence-corrected chi connectivity index (χ4v) is 0.715. The topological polar surface area (TPSA) is 22.1 Å². The van der Waals surface area contributed by atoms with Crippen molar-refractivity contribution in [1.82, 2.24) is 4.98 Å². The summed E-state index contributed by atoms with van der Waals surface area (Å²) in [4.78, 5) is 3.54. The minimum absolute atomic E-state index is 0.451. The highest BCUT2D eigenvalue weighted by molar-refractivity contribution is 5.44. The first-order valence-electron chi connectivity index (χ1n) is 3.10. The molecule has 58 valence electrons. The van der Waals surface area contributed by atoms with Crippen LogP contribution in [-0.2, 0) is 0 Å². The molecule has 0 aliphatic rings. The standard InChI is InChI=1S/C8H8FNO/c1-3-6-4-7(11-2)5-8(9)10-6/h3-5H,1H2,2H3. The van der Waals surface area contributed by atoms with E-state index in [9.17, 15) is 4.39 Å². The molecule has 1 aromatic heterocycles. The van der Waals surface area contributed by atoms with Gasteiger partial charge < -0.3 is 4.74 Å². The summed E-state index contributed by atoms with van der Waals surface area (Å²) in [5.74, 6) is -0.105. The summed E-state index contributed by atoms with van der Waals surface area (Å²) in [6, 6.07) is 2.82. The van der Waals surface area contributed by atoms with Gasteiger partial charge in [-0.2, -0.15) is 4.39 Å². The van der Waals surface area contributed by atoms with Crippen molar-refractivity contribution >= 4 is 6.08 Å². The van der Waals surface area contributed by atoms with Crippen molar-refractivity contribution in [2.75, 3.05) is 7.11 Å². The summed E-state index contributed by atoms with van der Waals surface area (Å²) in [5.41, 5.74) is 0.474. The average Bonchev–Trinajstić information content (AvgIpc) is 2.03. The molecule has 0 unspecified atom stereocenters. The van der Waals surface area contributed by atoms with Crippen LogP contribution in [0.25, 0.3) is 6.08 Å². The molecule has 0 saturated heterocycles. The van der Waals surface area contributed by atoms with Crippen LogP contribution < -0.4 is 4.74 Å². The highest BCUT2D eigenvalue weighted by atomic mass is 19.1. The van der Waals surface area contributed by atoms with Gasteiger partial charge in [-0.25, -0.2) is 4.98 Å². The minimum Gasteiger partial charge on any atom is -0.497 e. The van der Waals surface area contributed by atoms with Crippen LogP contribution in [0.4, 0.5) is 4.39 Å². The van der Waals surface area contributed by atoms with Crippen molar-refractivity contribution in [2.45, 2.75) is 0 Å². The number of rotatable bonds is 2. The second kappa shape index (κ2) is 3.14. The number of aromatic nitrogens is 1. The Hall–Kier alpha value is -1.38. The molecule has 0 amide bonds. The first-order chi connectivity index (χ1) is 5.26. The van der Waals surface area contributed by atoms with E-state index in [1.807, 2.05) is 0 Å². The van der Waals surface area contributed by atoms with E-state index in [4.69, 9.17) is 4.74 Å². The molecule has 0 aliphatic heterocycles. The molecular formula is C8H8FNO. The van der Waals surface area contributed by atoms with Crippen molar-refractivity contribution in [1.29, 1.82) is 0 Å². The summed E-state index contributed by atoms with van der Waals surface area (Å²) in [6.07, 6.45) is 1.46. The predicted octanol–water partition coefficient (Wildman–Crippen LogP) is 1.87. The van der Waals surface area contributed by atoms with Crippen LogP contribution in [0.5, 0.6) is 5.75 Å². The molecule has 0 N–H and O–H groups in total. The van der Waals surface area contributed by atoms with E-state index >= 15 is 0 Å². The van der Waals surface area contributed by atoms with Crippen LogP contribution in [0.2, 0.25) is 0 Å². The number of nitrogens with zero attached hydrogens (tertiary/aromatic N) is 1. The molecule has 1 rings (SSSR count). The lowest BCUT2D eigenvalue weighted by Gasteiger charge is -1.99. The Morgan fingerprint density at radius 2 is 2.36 bits per heavy atom.